The molecular weight excluding hydrogens is 312 g/mol. The summed E-state index contributed by atoms with van der Waals surface area (Å²) in [6, 6.07) is 21.3. The SMILES string of the molecule is CC[C@H](CCO)O[Si](c1ccccc1)(c1ccccc1)C(C)(C)C. The van der Waals surface area contributed by atoms with Crippen LogP contribution in [0.15, 0.2) is 60.7 Å². The molecule has 0 saturated heterocycles. The van der Waals surface area contributed by atoms with E-state index < -0.39 is 8.32 Å². The standard InChI is InChI=1S/C21H30O2Si/c1-5-18(16-17-22)23-24(21(2,3)4,19-12-8-6-9-13-19)20-14-10-7-11-15-20/h6-15,18,22H,5,16-17H2,1-4H3/t18-/m1/s1. The van der Waals surface area contributed by atoms with Gasteiger partial charge in [0.15, 0.2) is 0 Å². The van der Waals surface area contributed by atoms with E-state index in [2.05, 4.69) is 88.4 Å². The van der Waals surface area contributed by atoms with E-state index in [0.29, 0.717) is 6.42 Å². The molecule has 24 heavy (non-hydrogen) atoms. The first kappa shape index (κ1) is 18.9. The fourth-order valence-electron chi connectivity index (χ4n) is 3.43. The van der Waals surface area contributed by atoms with Gasteiger partial charge in [-0.05, 0) is 28.3 Å². The number of hydrogen-bond acceptors (Lipinski definition) is 2. The van der Waals surface area contributed by atoms with Gasteiger partial charge in [-0.25, -0.2) is 0 Å². The van der Waals surface area contributed by atoms with Gasteiger partial charge in [-0.15, -0.1) is 0 Å². The Morgan fingerprint density at radius 3 is 1.71 bits per heavy atom. The minimum atomic E-state index is -2.48. The molecule has 0 fully saturated rings. The number of aliphatic hydroxyl groups is 1. The van der Waals surface area contributed by atoms with Gasteiger partial charge in [0.05, 0.1) is 0 Å². The molecule has 0 heterocycles. The molecule has 0 aliphatic heterocycles. The monoisotopic (exact) mass is 342 g/mol. The Labute approximate surface area is 147 Å². The minimum Gasteiger partial charge on any atom is -0.404 e. The molecule has 2 aromatic rings. The first-order valence-electron chi connectivity index (χ1n) is 8.85. The van der Waals surface area contributed by atoms with Crippen molar-refractivity contribution in [1.82, 2.24) is 0 Å². The summed E-state index contributed by atoms with van der Waals surface area (Å²) in [5.74, 6) is 0. The zero-order chi connectivity index (χ0) is 17.6. The van der Waals surface area contributed by atoms with Crippen molar-refractivity contribution in [2.45, 2.75) is 51.7 Å². The molecule has 0 bridgehead atoms. The molecule has 0 amide bonds. The van der Waals surface area contributed by atoms with Gasteiger partial charge in [0, 0.05) is 12.7 Å². The van der Waals surface area contributed by atoms with Crippen LogP contribution >= 0.6 is 0 Å². The summed E-state index contributed by atoms with van der Waals surface area (Å²) < 4.78 is 6.94. The second kappa shape index (κ2) is 8.10. The molecule has 0 spiro atoms. The Balaban J connectivity index is 2.65. The van der Waals surface area contributed by atoms with Crippen LogP contribution in [0.5, 0.6) is 0 Å². The zero-order valence-corrected chi connectivity index (χ0v) is 16.3. The van der Waals surface area contributed by atoms with Crippen LogP contribution in [0.1, 0.15) is 40.5 Å². The maximum Gasteiger partial charge on any atom is 0.261 e. The molecule has 0 radical (unpaired) electrons. The zero-order valence-electron chi connectivity index (χ0n) is 15.3. The van der Waals surface area contributed by atoms with Crippen molar-refractivity contribution in [2.24, 2.45) is 0 Å². The quantitative estimate of drug-likeness (QED) is 0.777. The van der Waals surface area contributed by atoms with Crippen molar-refractivity contribution in [3.63, 3.8) is 0 Å². The summed E-state index contributed by atoms with van der Waals surface area (Å²) in [5.41, 5.74) is 0. The van der Waals surface area contributed by atoms with Crippen LogP contribution in [0, 0.1) is 0 Å². The fraction of sp³-hybridized carbons (Fsp3) is 0.429. The highest BCUT2D eigenvalue weighted by atomic mass is 28.4. The van der Waals surface area contributed by atoms with E-state index in [9.17, 15) is 5.11 Å². The lowest BCUT2D eigenvalue weighted by atomic mass is 10.2. The summed E-state index contributed by atoms with van der Waals surface area (Å²) in [7, 11) is -2.48. The van der Waals surface area contributed by atoms with Crippen LogP contribution in [-0.2, 0) is 4.43 Å². The number of aliphatic hydroxyl groups excluding tert-OH is 1. The van der Waals surface area contributed by atoms with Crippen molar-refractivity contribution in [3.05, 3.63) is 60.7 Å². The van der Waals surface area contributed by atoms with E-state index in [1.807, 2.05) is 0 Å². The molecule has 130 valence electrons. The summed E-state index contributed by atoms with van der Waals surface area (Å²) >= 11 is 0. The Morgan fingerprint density at radius 1 is 0.917 bits per heavy atom. The molecule has 3 heteroatoms. The molecule has 1 N–H and O–H groups in total. The maximum atomic E-state index is 9.44. The largest absolute Gasteiger partial charge is 0.404 e. The van der Waals surface area contributed by atoms with Crippen LogP contribution in [0.3, 0.4) is 0 Å². The number of hydrogen-bond donors (Lipinski definition) is 1. The molecule has 0 aromatic heterocycles. The molecule has 0 saturated carbocycles. The van der Waals surface area contributed by atoms with Gasteiger partial charge in [-0.2, -0.15) is 0 Å². The van der Waals surface area contributed by atoms with Gasteiger partial charge in [-0.3, -0.25) is 0 Å². The highest BCUT2D eigenvalue weighted by Crippen LogP contribution is 2.38. The number of rotatable bonds is 7. The molecule has 0 aliphatic rings. The third-order valence-electron chi connectivity index (χ3n) is 4.67. The lowest BCUT2D eigenvalue weighted by Crippen LogP contribution is -2.67. The molecule has 1 atom stereocenters. The number of benzene rings is 2. The summed E-state index contributed by atoms with van der Waals surface area (Å²) in [4.78, 5) is 0. The van der Waals surface area contributed by atoms with Crippen molar-refractivity contribution in [2.75, 3.05) is 6.61 Å². The Kier molecular flexibility index (Phi) is 6.38. The first-order valence-corrected chi connectivity index (χ1v) is 10.8. The topological polar surface area (TPSA) is 29.5 Å². The maximum absolute atomic E-state index is 9.44. The third-order valence-corrected chi connectivity index (χ3v) is 9.76. The Bertz CT molecular complexity index is 565. The molecule has 2 nitrogen and oxygen atoms in total. The Morgan fingerprint density at radius 2 is 1.38 bits per heavy atom. The van der Waals surface area contributed by atoms with E-state index in [1.165, 1.54) is 10.4 Å². The molecule has 2 rings (SSSR count). The van der Waals surface area contributed by atoms with E-state index in [4.69, 9.17) is 4.43 Å². The van der Waals surface area contributed by atoms with Crippen LogP contribution in [0.25, 0.3) is 0 Å². The predicted molar refractivity (Wildman–Crippen MR) is 104 cm³/mol. The van der Waals surface area contributed by atoms with Crippen molar-refractivity contribution >= 4 is 18.7 Å². The smallest absolute Gasteiger partial charge is 0.261 e. The lowest BCUT2D eigenvalue weighted by molar-refractivity contribution is 0.141. The van der Waals surface area contributed by atoms with E-state index in [1.54, 1.807) is 0 Å². The van der Waals surface area contributed by atoms with Crippen molar-refractivity contribution < 1.29 is 9.53 Å². The van der Waals surface area contributed by atoms with Gasteiger partial charge in [-0.1, -0.05) is 88.4 Å². The van der Waals surface area contributed by atoms with E-state index >= 15 is 0 Å². The minimum absolute atomic E-state index is 0.0153. The van der Waals surface area contributed by atoms with Crippen molar-refractivity contribution in [3.8, 4) is 0 Å². The highest BCUT2D eigenvalue weighted by Gasteiger charge is 2.51. The second-order valence-corrected chi connectivity index (χ2v) is 11.6. The van der Waals surface area contributed by atoms with Crippen LogP contribution < -0.4 is 10.4 Å². The van der Waals surface area contributed by atoms with Gasteiger partial charge in [0.1, 0.15) is 0 Å². The summed E-state index contributed by atoms with van der Waals surface area (Å²) in [6.07, 6.45) is 1.66. The van der Waals surface area contributed by atoms with Gasteiger partial charge >= 0.3 is 0 Å². The Hall–Kier alpha value is -1.42. The van der Waals surface area contributed by atoms with Gasteiger partial charge in [0.25, 0.3) is 8.32 Å². The van der Waals surface area contributed by atoms with E-state index in [-0.39, 0.29) is 17.7 Å². The summed E-state index contributed by atoms with van der Waals surface area (Å²) in [6.45, 7) is 9.15. The predicted octanol–water partition coefficient (Wildman–Crippen LogP) is 3.72. The van der Waals surface area contributed by atoms with Gasteiger partial charge in [0.2, 0.25) is 0 Å². The average Bonchev–Trinajstić information content (AvgIpc) is 2.59. The third kappa shape index (κ3) is 3.80. The van der Waals surface area contributed by atoms with E-state index in [0.717, 1.165) is 6.42 Å². The molecule has 2 aromatic carbocycles. The average molecular weight is 343 g/mol. The van der Waals surface area contributed by atoms with Gasteiger partial charge < -0.3 is 9.53 Å². The van der Waals surface area contributed by atoms with Crippen molar-refractivity contribution in [1.29, 1.82) is 0 Å². The first-order chi connectivity index (χ1) is 11.5. The van der Waals surface area contributed by atoms with Crippen LogP contribution in [-0.4, -0.2) is 26.1 Å². The summed E-state index contributed by atoms with van der Waals surface area (Å²) in [5, 5.41) is 12.0. The van der Waals surface area contributed by atoms with Crippen LogP contribution in [0.2, 0.25) is 5.04 Å². The van der Waals surface area contributed by atoms with Crippen LogP contribution in [0.4, 0.5) is 0 Å². The molecule has 0 unspecified atom stereocenters. The lowest BCUT2D eigenvalue weighted by Gasteiger charge is -2.45. The molecular formula is C21H30O2Si. The normalized spacial score (nSPS) is 13.7. The highest BCUT2D eigenvalue weighted by molar-refractivity contribution is 6.99. The fourth-order valence-corrected chi connectivity index (χ4v) is 8.23. The second-order valence-electron chi connectivity index (χ2n) is 7.32. The molecule has 0 aliphatic carbocycles.